The Hall–Kier alpha value is -1.31. The van der Waals surface area contributed by atoms with Gasteiger partial charge in [-0.05, 0) is 37.3 Å². The van der Waals surface area contributed by atoms with Gasteiger partial charge in [0, 0.05) is 13.0 Å². The number of benzene rings is 1. The van der Waals surface area contributed by atoms with Gasteiger partial charge in [0.15, 0.2) is 0 Å². The fourth-order valence-corrected chi connectivity index (χ4v) is 2.68. The van der Waals surface area contributed by atoms with Gasteiger partial charge >= 0.3 is 0 Å². The summed E-state index contributed by atoms with van der Waals surface area (Å²) in [6.45, 7) is 3.41. The second-order valence-corrected chi connectivity index (χ2v) is 5.17. The molecule has 1 aromatic heterocycles. The molecule has 0 bridgehead atoms. The monoisotopic (exact) mass is 228 g/mol. The van der Waals surface area contributed by atoms with Crippen LogP contribution in [0, 0.1) is 5.92 Å². The Morgan fingerprint density at radius 3 is 2.82 bits per heavy atom. The number of nitrogens with zero attached hydrogens (tertiary/aromatic N) is 2. The van der Waals surface area contributed by atoms with Crippen molar-refractivity contribution in [1.82, 2.24) is 9.55 Å². The molecule has 0 spiro atoms. The number of imidazole rings is 1. The molecule has 0 amide bonds. The molecular weight excluding hydrogens is 208 g/mol. The van der Waals surface area contributed by atoms with Crippen LogP contribution in [0.4, 0.5) is 0 Å². The molecule has 0 radical (unpaired) electrons. The normalized spacial score (nSPS) is 16.3. The number of hydrogen-bond acceptors (Lipinski definition) is 1. The largest absolute Gasteiger partial charge is 0.328 e. The minimum Gasteiger partial charge on any atom is -0.328 e. The van der Waals surface area contributed by atoms with E-state index in [0.717, 1.165) is 17.9 Å². The number of rotatable bonds is 4. The molecule has 2 heteroatoms. The first-order valence-corrected chi connectivity index (χ1v) is 6.82. The van der Waals surface area contributed by atoms with Crippen LogP contribution in [0.1, 0.15) is 38.4 Å². The van der Waals surface area contributed by atoms with Gasteiger partial charge in [0.25, 0.3) is 0 Å². The Kier molecular flexibility index (Phi) is 2.87. The standard InChI is InChI=1S/C15H20N2/c1-2-6-15-16-13-9-3-4-10-14(13)17(15)11-12-7-5-8-12/h3-4,9-10,12H,2,5-8,11H2,1H3. The van der Waals surface area contributed by atoms with E-state index in [1.807, 2.05) is 0 Å². The highest BCUT2D eigenvalue weighted by Gasteiger charge is 2.20. The molecule has 1 fully saturated rings. The Morgan fingerprint density at radius 1 is 1.29 bits per heavy atom. The van der Waals surface area contributed by atoms with Gasteiger partial charge in [0.2, 0.25) is 0 Å². The number of fused-ring (bicyclic) bond motifs is 1. The maximum absolute atomic E-state index is 4.78. The van der Waals surface area contributed by atoms with E-state index in [0.29, 0.717) is 0 Å². The molecule has 1 aromatic carbocycles. The highest BCUT2D eigenvalue weighted by Crippen LogP contribution is 2.30. The summed E-state index contributed by atoms with van der Waals surface area (Å²) in [5.74, 6) is 2.17. The van der Waals surface area contributed by atoms with E-state index < -0.39 is 0 Å². The summed E-state index contributed by atoms with van der Waals surface area (Å²) in [6.07, 6.45) is 6.49. The maximum atomic E-state index is 4.78. The average molecular weight is 228 g/mol. The topological polar surface area (TPSA) is 17.8 Å². The van der Waals surface area contributed by atoms with Gasteiger partial charge in [-0.3, -0.25) is 0 Å². The van der Waals surface area contributed by atoms with E-state index >= 15 is 0 Å². The summed E-state index contributed by atoms with van der Waals surface area (Å²) in [5.41, 5.74) is 2.48. The van der Waals surface area contributed by atoms with Gasteiger partial charge < -0.3 is 4.57 Å². The molecule has 0 atom stereocenters. The first kappa shape index (κ1) is 10.8. The zero-order valence-corrected chi connectivity index (χ0v) is 10.5. The van der Waals surface area contributed by atoms with Gasteiger partial charge in [-0.2, -0.15) is 0 Å². The number of para-hydroxylation sites is 2. The fraction of sp³-hybridized carbons (Fsp3) is 0.533. The van der Waals surface area contributed by atoms with E-state index in [-0.39, 0.29) is 0 Å². The van der Waals surface area contributed by atoms with E-state index in [9.17, 15) is 0 Å². The Morgan fingerprint density at radius 2 is 2.12 bits per heavy atom. The zero-order valence-electron chi connectivity index (χ0n) is 10.5. The van der Waals surface area contributed by atoms with Crippen molar-refractivity contribution in [3.63, 3.8) is 0 Å². The van der Waals surface area contributed by atoms with Crippen molar-refractivity contribution >= 4 is 11.0 Å². The molecule has 1 aliphatic rings. The zero-order chi connectivity index (χ0) is 11.7. The van der Waals surface area contributed by atoms with E-state index in [2.05, 4.69) is 35.8 Å². The molecule has 1 saturated carbocycles. The Bertz CT molecular complexity index is 509. The van der Waals surface area contributed by atoms with E-state index in [1.54, 1.807) is 0 Å². The molecule has 1 heterocycles. The van der Waals surface area contributed by atoms with Crippen molar-refractivity contribution in [3.8, 4) is 0 Å². The Labute approximate surface area is 103 Å². The van der Waals surface area contributed by atoms with Crippen LogP contribution in [0.3, 0.4) is 0 Å². The first-order chi connectivity index (χ1) is 8.38. The second kappa shape index (κ2) is 4.52. The molecule has 1 aliphatic carbocycles. The fourth-order valence-electron chi connectivity index (χ4n) is 2.68. The lowest BCUT2D eigenvalue weighted by atomic mass is 9.85. The maximum Gasteiger partial charge on any atom is 0.109 e. The molecule has 3 rings (SSSR count). The van der Waals surface area contributed by atoms with Crippen molar-refractivity contribution in [1.29, 1.82) is 0 Å². The van der Waals surface area contributed by atoms with Gasteiger partial charge in [0.05, 0.1) is 11.0 Å². The van der Waals surface area contributed by atoms with Gasteiger partial charge in [-0.25, -0.2) is 4.98 Å². The summed E-state index contributed by atoms with van der Waals surface area (Å²) >= 11 is 0. The van der Waals surface area contributed by atoms with Crippen molar-refractivity contribution in [2.24, 2.45) is 5.92 Å². The van der Waals surface area contributed by atoms with Gasteiger partial charge in [-0.15, -0.1) is 0 Å². The molecule has 2 nitrogen and oxygen atoms in total. The summed E-state index contributed by atoms with van der Waals surface area (Å²) in [6, 6.07) is 8.54. The van der Waals surface area contributed by atoms with Crippen molar-refractivity contribution in [2.45, 2.75) is 45.6 Å². The van der Waals surface area contributed by atoms with Crippen LogP contribution in [0.15, 0.2) is 24.3 Å². The molecule has 0 saturated heterocycles. The molecular formula is C15H20N2. The molecule has 0 unspecified atom stereocenters. The van der Waals surface area contributed by atoms with Crippen molar-refractivity contribution in [3.05, 3.63) is 30.1 Å². The van der Waals surface area contributed by atoms with Crippen LogP contribution in [0.5, 0.6) is 0 Å². The van der Waals surface area contributed by atoms with Gasteiger partial charge in [0.1, 0.15) is 5.82 Å². The molecule has 17 heavy (non-hydrogen) atoms. The van der Waals surface area contributed by atoms with Gasteiger partial charge in [-0.1, -0.05) is 25.5 Å². The van der Waals surface area contributed by atoms with E-state index in [1.165, 1.54) is 43.6 Å². The highest BCUT2D eigenvalue weighted by atomic mass is 15.1. The molecule has 0 N–H and O–H groups in total. The number of aryl methyl sites for hydroxylation is 1. The summed E-state index contributed by atoms with van der Waals surface area (Å²) in [7, 11) is 0. The molecule has 0 aliphatic heterocycles. The number of hydrogen-bond donors (Lipinski definition) is 0. The minimum absolute atomic E-state index is 0.892. The van der Waals surface area contributed by atoms with Crippen LogP contribution in [0.25, 0.3) is 11.0 Å². The quantitative estimate of drug-likeness (QED) is 0.778. The van der Waals surface area contributed by atoms with Crippen LogP contribution < -0.4 is 0 Å². The SMILES string of the molecule is CCCc1nc2ccccc2n1CC1CCC1. The first-order valence-electron chi connectivity index (χ1n) is 6.82. The minimum atomic E-state index is 0.892. The third-order valence-electron chi connectivity index (χ3n) is 3.87. The Balaban J connectivity index is 2.00. The molecule has 2 aromatic rings. The van der Waals surface area contributed by atoms with E-state index in [4.69, 9.17) is 4.98 Å². The summed E-state index contributed by atoms with van der Waals surface area (Å²) in [5, 5.41) is 0. The highest BCUT2D eigenvalue weighted by molar-refractivity contribution is 5.75. The van der Waals surface area contributed by atoms with Crippen LogP contribution >= 0.6 is 0 Å². The predicted octanol–water partition coefficient (Wildman–Crippen LogP) is 3.79. The molecule has 90 valence electrons. The van der Waals surface area contributed by atoms with Crippen molar-refractivity contribution < 1.29 is 0 Å². The lowest BCUT2D eigenvalue weighted by Crippen LogP contribution is -2.19. The van der Waals surface area contributed by atoms with Crippen molar-refractivity contribution in [2.75, 3.05) is 0 Å². The smallest absolute Gasteiger partial charge is 0.109 e. The van der Waals surface area contributed by atoms with Crippen LogP contribution in [-0.2, 0) is 13.0 Å². The lowest BCUT2D eigenvalue weighted by molar-refractivity contribution is 0.276. The summed E-state index contributed by atoms with van der Waals surface area (Å²) < 4.78 is 2.46. The third kappa shape index (κ3) is 1.97. The predicted molar refractivity (Wildman–Crippen MR) is 71.1 cm³/mol. The number of aromatic nitrogens is 2. The second-order valence-electron chi connectivity index (χ2n) is 5.17. The van der Waals surface area contributed by atoms with Crippen LogP contribution in [-0.4, -0.2) is 9.55 Å². The lowest BCUT2D eigenvalue weighted by Gasteiger charge is -2.26. The average Bonchev–Trinajstić information content (AvgIpc) is 2.62. The van der Waals surface area contributed by atoms with Crippen LogP contribution in [0.2, 0.25) is 0 Å². The summed E-state index contributed by atoms with van der Waals surface area (Å²) in [4.78, 5) is 4.78. The third-order valence-corrected chi connectivity index (χ3v) is 3.87.